The number of nitrogens with one attached hydrogen (secondary N) is 2. The van der Waals surface area contributed by atoms with Crippen LogP contribution in [0.1, 0.15) is 5.56 Å². The number of aliphatic hydroxyl groups is 1. The molecule has 1 aromatic carbocycles. The Kier molecular flexibility index (Phi) is 4.96. The number of nitrogens with zero attached hydrogens (tertiary/aromatic N) is 4. The maximum absolute atomic E-state index is 12.8. The summed E-state index contributed by atoms with van der Waals surface area (Å²) < 4.78 is 2.65. The van der Waals surface area contributed by atoms with Crippen LogP contribution in [0.3, 0.4) is 0 Å². The number of aliphatic hydroxyl groups excluding tert-OH is 1. The van der Waals surface area contributed by atoms with Gasteiger partial charge in [0.2, 0.25) is 0 Å². The average molecular weight is 386 g/mol. The predicted octanol–water partition coefficient (Wildman–Crippen LogP) is -0.934. The minimum atomic E-state index is -0.349. The molecule has 2 aromatic rings. The summed E-state index contributed by atoms with van der Waals surface area (Å²) in [7, 11) is 3.19. The summed E-state index contributed by atoms with van der Waals surface area (Å²) >= 11 is 0. The molecule has 0 amide bonds. The number of benzene rings is 1. The Morgan fingerprint density at radius 2 is 1.89 bits per heavy atom. The molecule has 2 aliphatic rings. The zero-order valence-electron chi connectivity index (χ0n) is 16.1. The monoisotopic (exact) mass is 386 g/mol. The number of hydrogen-bond donors (Lipinski definition) is 3. The first-order valence-electron chi connectivity index (χ1n) is 9.46. The van der Waals surface area contributed by atoms with E-state index in [1.54, 1.807) is 7.05 Å². The Hall–Kier alpha value is -2.62. The first-order valence-corrected chi connectivity index (χ1v) is 9.46. The molecule has 2 atom stereocenters. The quantitative estimate of drug-likeness (QED) is 0.625. The predicted molar refractivity (Wildman–Crippen MR) is 107 cm³/mol. The van der Waals surface area contributed by atoms with Gasteiger partial charge in [-0.25, -0.2) is 4.79 Å². The zero-order chi connectivity index (χ0) is 19.8. The number of piperazine rings is 1. The summed E-state index contributed by atoms with van der Waals surface area (Å²) in [6, 6.07) is 9.95. The summed E-state index contributed by atoms with van der Waals surface area (Å²) in [6.45, 7) is 2.76. The SMILES string of the molecule is Cn1c2c(c(=O)n(C)c1=O)NC(N1CCNC(CO)C1)N2Cc1ccccc1. The smallest absolute Gasteiger partial charge is 0.332 e. The second kappa shape index (κ2) is 7.42. The van der Waals surface area contributed by atoms with E-state index in [1.165, 1.54) is 11.6 Å². The fraction of sp³-hybridized carbons (Fsp3) is 0.474. The van der Waals surface area contributed by atoms with E-state index in [0.717, 1.165) is 23.2 Å². The van der Waals surface area contributed by atoms with E-state index < -0.39 is 0 Å². The van der Waals surface area contributed by atoms with Crippen LogP contribution in [0.4, 0.5) is 11.5 Å². The van der Waals surface area contributed by atoms with Crippen molar-refractivity contribution < 1.29 is 5.11 Å². The fourth-order valence-corrected chi connectivity index (χ4v) is 4.04. The van der Waals surface area contributed by atoms with Crippen LogP contribution in [0.2, 0.25) is 0 Å². The Morgan fingerprint density at radius 1 is 1.14 bits per heavy atom. The number of anilines is 2. The average Bonchev–Trinajstić information content (AvgIpc) is 3.11. The molecule has 2 aliphatic heterocycles. The Morgan fingerprint density at radius 3 is 2.61 bits per heavy atom. The van der Waals surface area contributed by atoms with Crippen LogP contribution in [0.5, 0.6) is 0 Å². The fourth-order valence-electron chi connectivity index (χ4n) is 4.04. The van der Waals surface area contributed by atoms with Crippen molar-refractivity contribution in [2.75, 3.05) is 36.5 Å². The van der Waals surface area contributed by atoms with Crippen molar-refractivity contribution in [3.05, 3.63) is 56.7 Å². The van der Waals surface area contributed by atoms with Gasteiger partial charge in [0.15, 0.2) is 6.29 Å². The molecular weight excluding hydrogens is 360 g/mol. The lowest BCUT2D eigenvalue weighted by Gasteiger charge is -2.40. The molecule has 0 aliphatic carbocycles. The van der Waals surface area contributed by atoms with Crippen LogP contribution in [-0.4, -0.2) is 57.7 Å². The van der Waals surface area contributed by atoms with Crippen LogP contribution < -0.4 is 26.8 Å². The van der Waals surface area contributed by atoms with Gasteiger partial charge in [0.05, 0.1) is 6.61 Å². The van der Waals surface area contributed by atoms with Gasteiger partial charge in [0.1, 0.15) is 11.5 Å². The molecule has 0 saturated carbocycles. The summed E-state index contributed by atoms with van der Waals surface area (Å²) in [4.78, 5) is 29.6. The largest absolute Gasteiger partial charge is 0.395 e. The highest BCUT2D eigenvalue weighted by Crippen LogP contribution is 2.33. The van der Waals surface area contributed by atoms with Crippen molar-refractivity contribution >= 4 is 11.5 Å². The number of aromatic nitrogens is 2. The molecule has 28 heavy (non-hydrogen) atoms. The third-order valence-electron chi connectivity index (χ3n) is 5.52. The van der Waals surface area contributed by atoms with E-state index in [2.05, 4.69) is 20.4 Å². The maximum Gasteiger partial charge on any atom is 0.332 e. The van der Waals surface area contributed by atoms with Gasteiger partial charge in [-0.2, -0.15) is 0 Å². The molecule has 3 N–H and O–H groups in total. The molecule has 1 aromatic heterocycles. The lowest BCUT2D eigenvalue weighted by molar-refractivity contribution is 0.121. The van der Waals surface area contributed by atoms with Crippen LogP contribution in [0, 0.1) is 0 Å². The van der Waals surface area contributed by atoms with Crippen molar-refractivity contribution in [2.24, 2.45) is 14.1 Å². The van der Waals surface area contributed by atoms with Crippen molar-refractivity contribution in [1.82, 2.24) is 19.4 Å². The summed E-state index contributed by atoms with van der Waals surface area (Å²) in [5.41, 5.74) is 0.846. The molecule has 0 spiro atoms. The Bertz CT molecular complexity index is 970. The molecular formula is C19H26N6O3. The second-order valence-electron chi connectivity index (χ2n) is 7.36. The number of fused-ring (bicyclic) bond motifs is 1. The normalized spacial score (nSPS) is 22.2. The minimum Gasteiger partial charge on any atom is -0.395 e. The molecule has 1 saturated heterocycles. The van der Waals surface area contributed by atoms with Gasteiger partial charge in [-0.15, -0.1) is 0 Å². The molecule has 0 radical (unpaired) electrons. The van der Waals surface area contributed by atoms with E-state index >= 15 is 0 Å². The molecule has 2 unspecified atom stereocenters. The highest BCUT2D eigenvalue weighted by Gasteiger charge is 2.39. The topological polar surface area (TPSA) is 94.8 Å². The van der Waals surface area contributed by atoms with Gasteiger partial charge in [-0.1, -0.05) is 30.3 Å². The van der Waals surface area contributed by atoms with E-state index in [1.807, 2.05) is 30.3 Å². The standard InChI is InChI=1S/C19H26N6O3/c1-22-16-15(17(27)23(2)19(22)28)21-18(24-9-8-20-14(11-24)12-26)25(16)10-13-6-4-3-5-7-13/h3-7,14,18,20-21,26H,8-12H2,1-2H3. The lowest BCUT2D eigenvalue weighted by atomic mass is 10.2. The van der Waals surface area contributed by atoms with Crippen LogP contribution >= 0.6 is 0 Å². The van der Waals surface area contributed by atoms with Crippen LogP contribution in [0.15, 0.2) is 39.9 Å². The van der Waals surface area contributed by atoms with Gasteiger partial charge in [-0.05, 0) is 5.56 Å². The van der Waals surface area contributed by atoms with E-state index in [0.29, 0.717) is 24.6 Å². The number of rotatable bonds is 4. The van der Waals surface area contributed by atoms with Crippen LogP contribution in [0.25, 0.3) is 0 Å². The van der Waals surface area contributed by atoms with Gasteiger partial charge < -0.3 is 20.6 Å². The highest BCUT2D eigenvalue weighted by atomic mass is 16.3. The molecule has 9 nitrogen and oxygen atoms in total. The van der Waals surface area contributed by atoms with E-state index in [9.17, 15) is 14.7 Å². The van der Waals surface area contributed by atoms with Crippen LogP contribution in [-0.2, 0) is 20.6 Å². The van der Waals surface area contributed by atoms with Gasteiger partial charge >= 0.3 is 5.69 Å². The molecule has 1 fully saturated rings. The van der Waals surface area contributed by atoms with Gasteiger partial charge in [0.25, 0.3) is 5.56 Å². The zero-order valence-corrected chi connectivity index (χ0v) is 16.1. The molecule has 0 bridgehead atoms. The second-order valence-corrected chi connectivity index (χ2v) is 7.36. The lowest BCUT2D eigenvalue weighted by Crippen LogP contribution is -2.60. The number of hydrogen-bond acceptors (Lipinski definition) is 7. The van der Waals surface area contributed by atoms with Crippen molar-refractivity contribution in [3.63, 3.8) is 0 Å². The van der Waals surface area contributed by atoms with Crippen molar-refractivity contribution in [3.8, 4) is 0 Å². The first-order chi connectivity index (χ1) is 13.5. The van der Waals surface area contributed by atoms with Crippen molar-refractivity contribution in [1.29, 1.82) is 0 Å². The Labute approximate surface area is 162 Å². The molecule has 4 rings (SSSR count). The highest BCUT2D eigenvalue weighted by molar-refractivity contribution is 5.71. The molecule has 150 valence electrons. The first kappa shape index (κ1) is 18.7. The Balaban J connectivity index is 1.77. The minimum absolute atomic E-state index is 0.0236. The maximum atomic E-state index is 12.8. The molecule has 9 heteroatoms. The van der Waals surface area contributed by atoms with E-state index in [-0.39, 0.29) is 30.2 Å². The van der Waals surface area contributed by atoms with E-state index in [4.69, 9.17) is 0 Å². The summed E-state index contributed by atoms with van der Waals surface area (Å²) in [5.74, 6) is 0.598. The van der Waals surface area contributed by atoms with Gasteiger partial charge in [-0.3, -0.25) is 18.8 Å². The summed E-state index contributed by atoms with van der Waals surface area (Å²) in [5, 5.41) is 16.2. The van der Waals surface area contributed by atoms with Crippen molar-refractivity contribution in [2.45, 2.75) is 18.9 Å². The third-order valence-corrected chi connectivity index (χ3v) is 5.52. The molecule has 3 heterocycles. The summed E-state index contributed by atoms with van der Waals surface area (Å²) in [6.07, 6.45) is -0.271. The van der Waals surface area contributed by atoms with Gasteiger partial charge in [0, 0.05) is 46.3 Å². The third kappa shape index (κ3) is 3.11.